The molecule has 0 fully saturated rings. The molecule has 8 heteroatoms. The predicted octanol–water partition coefficient (Wildman–Crippen LogP) is 3.90. The van der Waals surface area contributed by atoms with Gasteiger partial charge in [-0.1, -0.05) is 16.9 Å². The molecule has 4 rings (SSSR count). The molecule has 1 aliphatic rings. The number of hydrogen-bond donors (Lipinski definition) is 0. The molecule has 0 amide bonds. The summed E-state index contributed by atoms with van der Waals surface area (Å²) in [4.78, 5) is 24.4. The topological polar surface area (TPSA) is 73.8 Å². The summed E-state index contributed by atoms with van der Waals surface area (Å²) in [5.41, 5.74) is 1.33. The Kier molecular flexibility index (Phi) is 4.41. The maximum absolute atomic E-state index is 13.1. The Morgan fingerprint density at radius 2 is 2.12 bits per heavy atom. The van der Waals surface area contributed by atoms with Crippen LogP contribution in [-0.2, 0) is 19.4 Å². The van der Waals surface area contributed by atoms with Crippen LogP contribution in [0.2, 0.25) is 0 Å². The van der Waals surface area contributed by atoms with Crippen LogP contribution in [0.4, 0.5) is 0 Å². The lowest BCUT2D eigenvalue weighted by Crippen LogP contribution is -2.23. The number of aromatic nitrogens is 4. The quantitative estimate of drug-likeness (QED) is 0.508. The van der Waals surface area contributed by atoms with Crippen LogP contribution in [0.25, 0.3) is 10.2 Å². The van der Waals surface area contributed by atoms with Gasteiger partial charge in [-0.25, -0.2) is 4.98 Å². The van der Waals surface area contributed by atoms with Crippen LogP contribution in [-0.4, -0.2) is 19.7 Å². The fourth-order valence-electron chi connectivity index (χ4n) is 3.28. The van der Waals surface area contributed by atoms with Crippen LogP contribution in [0, 0.1) is 6.92 Å². The van der Waals surface area contributed by atoms with Crippen LogP contribution < -0.4 is 5.56 Å². The minimum absolute atomic E-state index is 0.0575. The number of hydrogen-bond acceptors (Lipinski definition) is 7. The first-order valence-corrected chi connectivity index (χ1v) is 10.3. The van der Waals surface area contributed by atoms with Crippen LogP contribution in [0.5, 0.6) is 0 Å². The zero-order chi connectivity index (χ0) is 17.6. The molecule has 25 heavy (non-hydrogen) atoms. The molecule has 6 nitrogen and oxygen atoms in total. The highest BCUT2D eigenvalue weighted by Gasteiger charge is 2.23. The van der Waals surface area contributed by atoms with E-state index in [-0.39, 0.29) is 10.8 Å². The molecule has 0 radical (unpaired) electrons. The van der Waals surface area contributed by atoms with Gasteiger partial charge in [0, 0.05) is 11.4 Å². The molecule has 132 valence electrons. The second-order valence-corrected chi connectivity index (χ2v) is 8.67. The van der Waals surface area contributed by atoms with Crippen molar-refractivity contribution in [2.45, 2.75) is 63.4 Å². The van der Waals surface area contributed by atoms with E-state index in [2.05, 4.69) is 10.1 Å². The first-order valence-electron chi connectivity index (χ1n) is 8.60. The predicted molar refractivity (Wildman–Crippen MR) is 99.5 cm³/mol. The zero-order valence-corrected chi connectivity index (χ0v) is 16.2. The molecule has 1 unspecified atom stereocenters. The number of fused-ring (bicyclic) bond motifs is 3. The van der Waals surface area contributed by atoms with E-state index < -0.39 is 0 Å². The zero-order valence-electron chi connectivity index (χ0n) is 14.5. The van der Waals surface area contributed by atoms with Gasteiger partial charge in [-0.05, 0) is 52.0 Å². The standard InChI is InChI=1S/C17H20N4O2S2/c1-4-21-16(22)13-11-7-5-6-8-12(11)25-15(13)19-17(21)24-9(2)14-18-10(3)20-23-14/h9H,4-8H2,1-3H3. The lowest BCUT2D eigenvalue weighted by molar-refractivity contribution is 0.376. The summed E-state index contributed by atoms with van der Waals surface area (Å²) in [6, 6.07) is 0. The van der Waals surface area contributed by atoms with Crippen LogP contribution in [0.1, 0.15) is 54.1 Å². The lowest BCUT2D eigenvalue weighted by Gasteiger charge is -2.13. The van der Waals surface area contributed by atoms with Crippen molar-refractivity contribution in [3.8, 4) is 0 Å². The van der Waals surface area contributed by atoms with Crippen molar-refractivity contribution in [3.05, 3.63) is 32.5 Å². The molecule has 1 atom stereocenters. The molecule has 0 spiro atoms. The van der Waals surface area contributed by atoms with Crippen molar-refractivity contribution in [2.75, 3.05) is 0 Å². The number of aryl methyl sites for hydroxylation is 3. The maximum atomic E-state index is 13.1. The van der Waals surface area contributed by atoms with Crippen molar-refractivity contribution in [1.82, 2.24) is 19.7 Å². The van der Waals surface area contributed by atoms with Crippen LogP contribution >= 0.6 is 23.1 Å². The molecular weight excluding hydrogens is 356 g/mol. The van der Waals surface area contributed by atoms with Crippen molar-refractivity contribution < 1.29 is 4.52 Å². The first-order chi connectivity index (χ1) is 12.1. The molecule has 1 aliphatic carbocycles. The van der Waals surface area contributed by atoms with Gasteiger partial charge in [0.1, 0.15) is 4.83 Å². The van der Waals surface area contributed by atoms with Crippen molar-refractivity contribution in [1.29, 1.82) is 0 Å². The van der Waals surface area contributed by atoms with Gasteiger partial charge in [-0.15, -0.1) is 11.3 Å². The minimum atomic E-state index is -0.0575. The number of nitrogens with zero attached hydrogens (tertiary/aromatic N) is 4. The van der Waals surface area contributed by atoms with Gasteiger partial charge in [-0.2, -0.15) is 4.98 Å². The third-order valence-electron chi connectivity index (χ3n) is 4.53. The SMILES string of the molecule is CCn1c(SC(C)c2nc(C)no2)nc2sc3c(c2c1=O)CCCC3. The Balaban J connectivity index is 1.79. The maximum Gasteiger partial charge on any atom is 0.263 e. The number of rotatable bonds is 4. The Bertz CT molecular complexity index is 989. The number of thioether (sulfide) groups is 1. The van der Waals surface area contributed by atoms with E-state index in [0.29, 0.717) is 18.3 Å². The minimum Gasteiger partial charge on any atom is -0.338 e. The average Bonchev–Trinajstić information content (AvgIpc) is 3.18. The van der Waals surface area contributed by atoms with E-state index in [0.717, 1.165) is 34.6 Å². The van der Waals surface area contributed by atoms with Crippen molar-refractivity contribution >= 4 is 33.3 Å². The summed E-state index contributed by atoms with van der Waals surface area (Å²) in [5, 5.41) is 5.35. The Hall–Kier alpha value is -1.67. The molecule has 0 N–H and O–H groups in total. The highest BCUT2D eigenvalue weighted by atomic mass is 32.2. The molecule has 0 saturated carbocycles. The molecule has 0 saturated heterocycles. The molecule has 3 aromatic rings. The Labute approximate surface area is 153 Å². The largest absolute Gasteiger partial charge is 0.338 e. The fourth-order valence-corrected chi connectivity index (χ4v) is 5.58. The van der Waals surface area contributed by atoms with E-state index in [1.54, 1.807) is 22.8 Å². The van der Waals surface area contributed by atoms with E-state index in [1.165, 1.54) is 28.6 Å². The lowest BCUT2D eigenvalue weighted by atomic mass is 9.97. The summed E-state index contributed by atoms with van der Waals surface area (Å²) in [6.07, 6.45) is 4.44. The third kappa shape index (κ3) is 2.91. The smallest absolute Gasteiger partial charge is 0.263 e. The van der Waals surface area contributed by atoms with Gasteiger partial charge >= 0.3 is 0 Å². The summed E-state index contributed by atoms with van der Waals surface area (Å²) < 4.78 is 7.03. The molecule has 0 aromatic carbocycles. The molecular formula is C17H20N4O2S2. The first kappa shape index (κ1) is 16.8. The monoisotopic (exact) mass is 376 g/mol. The van der Waals surface area contributed by atoms with Crippen LogP contribution in [0.3, 0.4) is 0 Å². The third-order valence-corrected chi connectivity index (χ3v) is 6.79. The summed E-state index contributed by atoms with van der Waals surface area (Å²) in [5.74, 6) is 1.18. The summed E-state index contributed by atoms with van der Waals surface area (Å²) in [7, 11) is 0. The van der Waals surface area contributed by atoms with Crippen molar-refractivity contribution in [3.63, 3.8) is 0 Å². The van der Waals surface area contributed by atoms with Gasteiger partial charge in [0.2, 0.25) is 5.89 Å². The Morgan fingerprint density at radius 1 is 1.32 bits per heavy atom. The van der Waals surface area contributed by atoms with E-state index in [9.17, 15) is 4.79 Å². The Morgan fingerprint density at radius 3 is 2.84 bits per heavy atom. The summed E-state index contributed by atoms with van der Waals surface area (Å²) >= 11 is 3.18. The molecule has 0 aliphatic heterocycles. The molecule has 0 bridgehead atoms. The van der Waals surface area contributed by atoms with Gasteiger partial charge in [-0.3, -0.25) is 9.36 Å². The average molecular weight is 377 g/mol. The molecule has 3 heterocycles. The summed E-state index contributed by atoms with van der Waals surface area (Å²) in [6.45, 7) is 6.38. The van der Waals surface area contributed by atoms with E-state index in [4.69, 9.17) is 9.51 Å². The second-order valence-electron chi connectivity index (χ2n) is 6.27. The van der Waals surface area contributed by atoms with E-state index in [1.807, 2.05) is 13.8 Å². The van der Waals surface area contributed by atoms with Crippen LogP contribution in [0.15, 0.2) is 14.5 Å². The highest BCUT2D eigenvalue weighted by Crippen LogP contribution is 2.37. The fraction of sp³-hybridized carbons (Fsp3) is 0.529. The normalized spacial score (nSPS) is 15.5. The van der Waals surface area contributed by atoms with Gasteiger partial charge in [0.05, 0.1) is 10.6 Å². The van der Waals surface area contributed by atoms with Gasteiger partial charge in [0.15, 0.2) is 11.0 Å². The second kappa shape index (κ2) is 6.57. The van der Waals surface area contributed by atoms with E-state index >= 15 is 0 Å². The van der Waals surface area contributed by atoms with Gasteiger partial charge < -0.3 is 4.52 Å². The highest BCUT2D eigenvalue weighted by molar-refractivity contribution is 7.99. The van der Waals surface area contributed by atoms with Gasteiger partial charge in [0.25, 0.3) is 5.56 Å². The number of thiophene rings is 1. The molecule has 3 aromatic heterocycles. The van der Waals surface area contributed by atoms with Crippen molar-refractivity contribution in [2.24, 2.45) is 0 Å².